The highest BCUT2D eigenvalue weighted by Crippen LogP contribution is 2.13. The summed E-state index contributed by atoms with van der Waals surface area (Å²) in [7, 11) is 3.58. The van der Waals surface area contributed by atoms with Gasteiger partial charge in [-0.05, 0) is 31.3 Å². The van der Waals surface area contributed by atoms with Crippen molar-refractivity contribution >= 4 is 11.9 Å². The van der Waals surface area contributed by atoms with Gasteiger partial charge in [-0.25, -0.2) is 4.79 Å². The number of nitrogens with zero attached hydrogens (tertiary/aromatic N) is 2. The summed E-state index contributed by atoms with van der Waals surface area (Å²) in [5.74, 6) is 0.511. The van der Waals surface area contributed by atoms with Crippen LogP contribution in [0, 0.1) is 0 Å². The number of likely N-dealkylation sites (N-methyl/N-ethyl adjacent to an activating group) is 1. The average Bonchev–Trinajstić information content (AvgIpc) is 2.50. The van der Waals surface area contributed by atoms with Gasteiger partial charge in [0.25, 0.3) is 0 Å². The van der Waals surface area contributed by atoms with Crippen LogP contribution in [0.4, 0.5) is 4.79 Å². The van der Waals surface area contributed by atoms with E-state index in [2.05, 4.69) is 22.2 Å². The number of hydrogen-bond acceptors (Lipinski definition) is 5. The van der Waals surface area contributed by atoms with Crippen LogP contribution in [0.15, 0.2) is 24.3 Å². The lowest BCUT2D eigenvalue weighted by atomic mass is 10.1. The maximum absolute atomic E-state index is 12.2. The Kier molecular flexibility index (Phi) is 5.30. The Labute approximate surface area is 124 Å². The van der Waals surface area contributed by atoms with Crippen LogP contribution in [0.5, 0.6) is 5.75 Å². The highest BCUT2D eigenvalue weighted by Gasteiger charge is 2.17. The Morgan fingerprint density at radius 1 is 1.14 bits per heavy atom. The fraction of sp³-hybridized carbons (Fsp3) is 0.467. The number of carbonyl (C=O) groups excluding carboxylic acids is 2. The van der Waals surface area contributed by atoms with E-state index in [-0.39, 0.29) is 5.78 Å². The Morgan fingerprint density at radius 2 is 1.76 bits per heavy atom. The van der Waals surface area contributed by atoms with E-state index < -0.39 is 6.09 Å². The van der Waals surface area contributed by atoms with Crippen LogP contribution in [0.3, 0.4) is 0 Å². The Morgan fingerprint density at radius 3 is 2.33 bits per heavy atom. The van der Waals surface area contributed by atoms with Crippen molar-refractivity contribution in [3.63, 3.8) is 0 Å². The molecule has 1 aliphatic rings. The first-order valence-corrected chi connectivity index (χ1v) is 7.02. The summed E-state index contributed by atoms with van der Waals surface area (Å²) >= 11 is 0. The Bertz CT molecular complexity index is 493. The van der Waals surface area contributed by atoms with E-state index in [4.69, 9.17) is 4.74 Å². The van der Waals surface area contributed by atoms with Crippen molar-refractivity contribution in [1.82, 2.24) is 15.1 Å². The van der Waals surface area contributed by atoms with E-state index in [1.54, 1.807) is 24.3 Å². The number of hydrogen-bond donors (Lipinski definition) is 1. The molecule has 1 fully saturated rings. The zero-order valence-corrected chi connectivity index (χ0v) is 12.5. The van der Waals surface area contributed by atoms with Gasteiger partial charge >= 0.3 is 6.09 Å². The molecular weight excluding hydrogens is 270 g/mol. The van der Waals surface area contributed by atoms with Gasteiger partial charge in [0.15, 0.2) is 5.78 Å². The molecule has 1 aromatic rings. The maximum atomic E-state index is 12.2. The number of Topliss-reactive ketones (excluding diaryl/α,β-unsaturated/α-hetero) is 1. The summed E-state index contributed by atoms with van der Waals surface area (Å²) < 4.78 is 4.98. The van der Waals surface area contributed by atoms with Crippen LogP contribution in [0.2, 0.25) is 0 Å². The second-order valence-corrected chi connectivity index (χ2v) is 5.17. The van der Waals surface area contributed by atoms with Crippen molar-refractivity contribution in [2.75, 3.05) is 46.8 Å². The molecule has 0 saturated carbocycles. The number of piperazine rings is 1. The molecule has 114 valence electrons. The number of amides is 1. The SMILES string of the molecule is CNC(=O)Oc1ccc(C(=O)CN2CCN(C)CC2)cc1. The highest BCUT2D eigenvalue weighted by atomic mass is 16.5. The van der Waals surface area contributed by atoms with Crippen LogP contribution in [-0.2, 0) is 0 Å². The third-order valence-corrected chi connectivity index (χ3v) is 3.55. The molecule has 1 aliphatic heterocycles. The summed E-state index contributed by atoms with van der Waals surface area (Å²) in [5, 5.41) is 2.37. The van der Waals surface area contributed by atoms with E-state index >= 15 is 0 Å². The van der Waals surface area contributed by atoms with Crippen LogP contribution in [0.1, 0.15) is 10.4 Å². The monoisotopic (exact) mass is 291 g/mol. The number of rotatable bonds is 4. The van der Waals surface area contributed by atoms with Crippen molar-refractivity contribution in [3.05, 3.63) is 29.8 Å². The van der Waals surface area contributed by atoms with E-state index in [0.717, 1.165) is 26.2 Å². The molecule has 1 amide bonds. The molecule has 0 aromatic heterocycles. The van der Waals surface area contributed by atoms with Crippen molar-refractivity contribution in [3.8, 4) is 5.75 Å². The minimum absolute atomic E-state index is 0.0889. The number of carbonyl (C=O) groups is 2. The molecule has 1 N–H and O–H groups in total. The minimum Gasteiger partial charge on any atom is -0.410 e. The van der Waals surface area contributed by atoms with Gasteiger partial charge < -0.3 is 15.0 Å². The maximum Gasteiger partial charge on any atom is 0.412 e. The molecule has 6 nitrogen and oxygen atoms in total. The fourth-order valence-corrected chi connectivity index (χ4v) is 2.17. The third-order valence-electron chi connectivity index (χ3n) is 3.55. The molecule has 1 saturated heterocycles. The smallest absolute Gasteiger partial charge is 0.410 e. The summed E-state index contributed by atoms with van der Waals surface area (Å²) in [6.07, 6.45) is -0.522. The quantitative estimate of drug-likeness (QED) is 0.833. The zero-order valence-electron chi connectivity index (χ0n) is 12.5. The highest BCUT2D eigenvalue weighted by molar-refractivity contribution is 5.97. The predicted molar refractivity (Wildman–Crippen MR) is 79.8 cm³/mol. The molecule has 2 rings (SSSR count). The van der Waals surface area contributed by atoms with Crippen LogP contribution >= 0.6 is 0 Å². The lowest BCUT2D eigenvalue weighted by Crippen LogP contribution is -2.46. The van der Waals surface area contributed by atoms with Gasteiger partial charge in [0.05, 0.1) is 6.54 Å². The molecule has 0 bridgehead atoms. The molecular formula is C15H21N3O3. The predicted octanol–water partition coefficient (Wildman–Crippen LogP) is 0.835. The molecule has 6 heteroatoms. The third kappa shape index (κ3) is 4.54. The van der Waals surface area contributed by atoms with E-state index in [1.165, 1.54) is 7.05 Å². The average molecular weight is 291 g/mol. The van der Waals surface area contributed by atoms with Gasteiger partial charge in [0.1, 0.15) is 5.75 Å². The van der Waals surface area contributed by atoms with Crippen molar-refractivity contribution < 1.29 is 14.3 Å². The molecule has 0 aliphatic carbocycles. The van der Waals surface area contributed by atoms with Crippen molar-refractivity contribution in [2.24, 2.45) is 0 Å². The van der Waals surface area contributed by atoms with E-state index in [0.29, 0.717) is 17.9 Å². The number of benzene rings is 1. The number of ether oxygens (including phenoxy) is 1. The Balaban J connectivity index is 1.89. The molecule has 0 radical (unpaired) electrons. The lowest BCUT2D eigenvalue weighted by molar-refractivity contribution is 0.0876. The summed E-state index contributed by atoms with van der Waals surface area (Å²) in [5.41, 5.74) is 0.637. The van der Waals surface area contributed by atoms with Gasteiger partial charge in [0, 0.05) is 38.8 Å². The van der Waals surface area contributed by atoms with E-state index in [1.807, 2.05) is 0 Å². The summed E-state index contributed by atoms with van der Waals surface area (Å²) in [6, 6.07) is 6.65. The first kappa shape index (κ1) is 15.5. The number of nitrogens with one attached hydrogen (secondary N) is 1. The van der Waals surface area contributed by atoms with Gasteiger partial charge in [-0.15, -0.1) is 0 Å². The first-order valence-electron chi connectivity index (χ1n) is 7.02. The molecule has 1 aromatic carbocycles. The Hall–Kier alpha value is -1.92. The van der Waals surface area contributed by atoms with Gasteiger partial charge in [-0.2, -0.15) is 0 Å². The summed E-state index contributed by atoms with van der Waals surface area (Å²) in [4.78, 5) is 27.7. The van der Waals surface area contributed by atoms with Gasteiger partial charge in [0.2, 0.25) is 0 Å². The second-order valence-electron chi connectivity index (χ2n) is 5.17. The van der Waals surface area contributed by atoms with Crippen LogP contribution in [0.25, 0.3) is 0 Å². The largest absolute Gasteiger partial charge is 0.412 e. The molecule has 0 atom stereocenters. The molecule has 0 unspecified atom stereocenters. The van der Waals surface area contributed by atoms with Crippen LogP contribution in [-0.4, -0.2) is 68.5 Å². The van der Waals surface area contributed by atoms with Gasteiger partial charge in [-0.1, -0.05) is 0 Å². The topological polar surface area (TPSA) is 61.9 Å². The van der Waals surface area contributed by atoms with Gasteiger partial charge in [-0.3, -0.25) is 9.69 Å². The van der Waals surface area contributed by atoms with Crippen LogP contribution < -0.4 is 10.1 Å². The number of ketones is 1. The lowest BCUT2D eigenvalue weighted by Gasteiger charge is -2.31. The standard InChI is InChI=1S/C15H21N3O3/c1-16-15(20)21-13-5-3-12(4-6-13)14(19)11-18-9-7-17(2)8-10-18/h3-6H,7-11H2,1-2H3,(H,16,20). The summed E-state index contributed by atoms with van der Waals surface area (Å²) in [6.45, 7) is 4.25. The minimum atomic E-state index is -0.522. The zero-order chi connectivity index (χ0) is 15.2. The molecule has 1 heterocycles. The van der Waals surface area contributed by atoms with Crippen molar-refractivity contribution in [1.29, 1.82) is 0 Å². The molecule has 0 spiro atoms. The molecule has 21 heavy (non-hydrogen) atoms. The first-order chi connectivity index (χ1) is 10.1. The van der Waals surface area contributed by atoms with E-state index in [9.17, 15) is 9.59 Å². The normalized spacial score (nSPS) is 16.5. The second kappa shape index (κ2) is 7.19. The van der Waals surface area contributed by atoms with Crippen molar-refractivity contribution in [2.45, 2.75) is 0 Å². The fourth-order valence-electron chi connectivity index (χ4n) is 2.17.